The zero-order chi connectivity index (χ0) is 10.6. The first-order chi connectivity index (χ1) is 6.61. The smallest absolute Gasteiger partial charge is 0.250 e. The molecule has 1 aromatic rings. The molecule has 0 bridgehead atoms. The molecule has 0 saturated heterocycles. The number of hydrogen-bond donors (Lipinski definition) is 2. The second kappa shape index (κ2) is 4.91. The molecule has 0 heterocycles. The minimum atomic E-state index is -2.31. The predicted octanol–water partition coefficient (Wildman–Crippen LogP) is 1.93. The lowest BCUT2D eigenvalue weighted by molar-refractivity contribution is 0.145. The molecule has 4 heteroatoms. The number of anilines is 1. The van der Waals surface area contributed by atoms with Crippen molar-refractivity contribution in [3.63, 3.8) is 0 Å². The summed E-state index contributed by atoms with van der Waals surface area (Å²) in [5.74, 6) is 0. The minimum absolute atomic E-state index is 0.283. The van der Waals surface area contributed by atoms with Crippen LogP contribution in [0.3, 0.4) is 0 Å². The van der Waals surface area contributed by atoms with Crippen LogP contribution in [0.2, 0.25) is 0 Å². The molecule has 0 spiro atoms. The summed E-state index contributed by atoms with van der Waals surface area (Å²) in [6, 6.07) is 5.50. The highest BCUT2D eigenvalue weighted by atomic mass is 19.3. The third kappa shape index (κ3) is 2.96. The van der Waals surface area contributed by atoms with Crippen LogP contribution in [0.15, 0.2) is 18.2 Å². The van der Waals surface area contributed by atoms with Crippen LogP contribution in [0.1, 0.15) is 11.1 Å². The summed E-state index contributed by atoms with van der Waals surface area (Å²) < 4.78 is 23.7. The molecular formula is C10H14F2N2. The molecule has 0 atom stereocenters. The fourth-order valence-corrected chi connectivity index (χ4v) is 1.21. The number of nitrogen functional groups attached to an aromatic ring is 1. The largest absolute Gasteiger partial charge is 0.399 e. The summed E-state index contributed by atoms with van der Waals surface area (Å²) in [5.41, 5.74) is 8.29. The van der Waals surface area contributed by atoms with Gasteiger partial charge in [-0.05, 0) is 24.1 Å². The van der Waals surface area contributed by atoms with Crippen molar-refractivity contribution in [1.82, 2.24) is 5.32 Å². The van der Waals surface area contributed by atoms with Gasteiger partial charge in [-0.2, -0.15) is 0 Å². The van der Waals surface area contributed by atoms with Crippen molar-refractivity contribution < 1.29 is 8.78 Å². The van der Waals surface area contributed by atoms with E-state index < -0.39 is 6.43 Å². The second-order valence-electron chi connectivity index (χ2n) is 3.15. The zero-order valence-electron chi connectivity index (χ0n) is 8.06. The number of nitrogens with one attached hydrogen (secondary N) is 1. The lowest BCUT2D eigenvalue weighted by Crippen LogP contribution is -2.21. The molecule has 0 amide bonds. The van der Waals surface area contributed by atoms with Gasteiger partial charge in [0.2, 0.25) is 0 Å². The molecular weight excluding hydrogens is 186 g/mol. The van der Waals surface area contributed by atoms with Crippen LogP contribution >= 0.6 is 0 Å². The lowest BCUT2D eigenvalue weighted by Gasteiger charge is -2.09. The first-order valence-corrected chi connectivity index (χ1v) is 4.44. The average molecular weight is 200 g/mol. The van der Waals surface area contributed by atoms with Gasteiger partial charge >= 0.3 is 0 Å². The van der Waals surface area contributed by atoms with Crippen molar-refractivity contribution in [3.8, 4) is 0 Å². The molecule has 0 aromatic heterocycles. The van der Waals surface area contributed by atoms with Crippen LogP contribution in [0, 0.1) is 6.92 Å². The Balaban J connectivity index is 2.54. The van der Waals surface area contributed by atoms with Gasteiger partial charge in [0.25, 0.3) is 6.43 Å². The van der Waals surface area contributed by atoms with Gasteiger partial charge in [-0.1, -0.05) is 12.1 Å². The molecule has 0 aliphatic rings. The van der Waals surface area contributed by atoms with E-state index >= 15 is 0 Å². The highest BCUT2D eigenvalue weighted by Gasteiger charge is 2.03. The van der Waals surface area contributed by atoms with Crippen molar-refractivity contribution in [2.24, 2.45) is 0 Å². The topological polar surface area (TPSA) is 38.0 Å². The molecule has 78 valence electrons. The average Bonchev–Trinajstić information content (AvgIpc) is 2.12. The Labute approximate surface area is 82.1 Å². The van der Waals surface area contributed by atoms with E-state index in [1.165, 1.54) is 0 Å². The molecule has 1 aromatic carbocycles. The van der Waals surface area contributed by atoms with Crippen molar-refractivity contribution in [2.45, 2.75) is 19.9 Å². The van der Waals surface area contributed by atoms with Gasteiger partial charge < -0.3 is 11.1 Å². The number of rotatable bonds is 4. The molecule has 0 aliphatic carbocycles. The second-order valence-corrected chi connectivity index (χ2v) is 3.15. The Kier molecular flexibility index (Phi) is 3.83. The van der Waals surface area contributed by atoms with E-state index in [2.05, 4.69) is 5.32 Å². The van der Waals surface area contributed by atoms with E-state index in [0.717, 1.165) is 11.1 Å². The summed E-state index contributed by atoms with van der Waals surface area (Å²) in [6.07, 6.45) is -2.31. The summed E-state index contributed by atoms with van der Waals surface area (Å²) in [4.78, 5) is 0. The molecule has 14 heavy (non-hydrogen) atoms. The maximum absolute atomic E-state index is 11.8. The first kappa shape index (κ1) is 10.9. The predicted molar refractivity (Wildman–Crippen MR) is 53.3 cm³/mol. The van der Waals surface area contributed by atoms with Gasteiger partial charge in [0.15, 0.2) is 0 Å². The van der Waals surface area contributed by atoms with Crippen LogP contribution in [0.4, 0.5) is 14.5 Å². The van der Waals surface area contributed by atoms with E-state index in [9.17, 15) is 8.78 Å². The number of benzene rings is 1. The Morgan fingerprint density at radius 2 is 2.14 bits per heavy atom. The monoisotopic (exact) mass is 200 g/mol. The van der Waals surface area contributed by atoms with Crippen LogP contribution < -0.4 is 11.1 Å². The highest BCUT2D eigenvalue weighted by Crippen LogP contribution is 2.14. The fourth-order valence-electron chi connectivity index (χ4n) is 1.21. The van der Waals surface area contributed by atoms with Crippen molar-refractivity contribution in [1.29, 1.82) is 0 Å². The first-order valence-electron chi connectivity index (χ1n) is 4.44. The summed E-state index contributed by atoms with van der Waals surface area (Å²) >= 11 is 0. The third-order valence-corrected chi connectivity index (χ3v) is 2.10. The summed E-state index contributed by atoms with van der Waals surface area (Å²) in [7, 11) is 0. The van der Waals surface area contributed by atoms with E-state index in [4.69, 9.17) is 5.73 Å². The fraction of sp³-hybridized carbons (Fsp3) is 0.400. The molecule has 0 unspecified atom stereocenters. The quantitative estimate of drug-likeness (QED) is 0.729. The number of halogens is 2. The Morgan fingerprint density at radius 1 is 1.43 bits per heavy atom. The number of alkyl halides is 2. The SMILES string of the molecule is Cc1c(N)cccc1CNCC(F)F. The molecule has 2 nitrogen and oxygen atoms in total. The van der Waals surface area contributed by atoms with Crippen LogP contribution in [0.25, 0.3) is 0 Å². The lowest BCUT2D eigenvalue weighted by atomic mass is 10.1. The summed E-state index contributed by atoms with van der Waals surface area (Å²) in [6.45, 7) is 2.03. The Bertz CT molecular complexity index is 300. The molecule has 0 saturated carbocycles. The number of nitrogens with two attached hydrogens (primary N) is 1. The van der Waals surface area contributed by atoms with E-state index in [0.29, 0.717) is 12.2 Å². The molecule has 0 aliphatic heterocycles. The van der Waals surface area contributed by atoms with E-state index in [1.54, 1.807) is 6.07 Å². The normalized spacial score (nSPS) is 10.9. The van der Waals surface area contributed by atoms with Crippen LogP contribution in [0.5, 0.6) is 0 Å². The molecule has 0 radical (unpaired) electrons. The third-order valence-electron chi connectivity index (χ3n) is 2.10. The van der Waals surface area contributed by atoms with Crippen molar-refractivity contribution >= 4 is 5.69 Å². The Morgan fingerprint density at radius 3 is 2.79 bits per heavy atom. The highest BCUT2D eigenvalue weighted by molar-refractivity contribution is 5.49. The number of hydrogen-bond acceptors (Lipinski definition) is 2. The summed E-state index contributed by atoms with van der Waals surface area (Å²) in [5, 5.41) is 2.66. The van der Waals surface area contributed by atoms with Crippen LogP contribution in [-0.4, -0.2) is 13.0 Å². The van der Waals surface area contributed by atoms with E-state index in [1.807, 2.05) is 19.1 Å². The van der Waals surface area contributed by atoms with Gasteiger partial charge in [-0.15, -0.1) is 0 Å². The van der Waals surface area contributed by atoms with Gasteiger partial charge in [-0.3, -0.25) is 0 Å². The van der Waals surface area contributed by atoms with Gasteiger partial charge in [-0.25, -0.2) is 8.78 Å². The molecule has 1 rings (SSSR count). The standard InChI is InChI=1S/C10H14F2N2/c1-7-8(3-2-4-9(7)13)5-14-6-10(11)12/h2-4,10,14H,5-6,13H2,1H3. The van der Waals surface area contributed by atoms with Crippen molar-refractivity contribution in [2.75, 3.05) is 12.3 Å². The van der Waals surface area contributed by atoms with Crippen LogP contribution in [-0.2, 0) is 6.54 Å². The Hall–Kier alpha value is -1.16. The van der Waals surface area contributed by atoms with Crippen molar-refractivity contribution in [3.05, 3.63) is 29.3 Å². The van der Waals surface area contributed by atoms with Gasteiger partial charge in [0.1, 0.15) is 0 Å². The molecule has 3 N–H and O–H groups in total. The maximum Gasteiger partial charge on any atom is 0.250 e. The van der Waals surface area contributed by atoms with Gasteiger partial charge in [0, 0.05) is 12.2 Å². The maximum atomic E-state index is 11.8. The van der Waals surface area contributed by atoms with E-state index in [-0.39, 0.29) is 6.54 Å². The van der Waals surface area contributed by atoms with Gasteiger partial charge in [0.05, 0.1) is 6.54 Å². The zero-order valence-corrected chi connectivity index (χ0v) is 8.06. The molecule has 0 fully saturated rings. The minimum Gasteiger partial charge on any atom is -0.399 e.